The van der Waals surface area contributed by atoms with E-state index in [0.29, 0.717) is 27.3 Å². The third kappa shape index (κ3) is 4.15. The molecule has 4 rings (SSSR count). The highest BCUT2D eigenvalue weighted by Crippen LogP contribution is 2.36. The van der Waals surface area contributed by atoms with E-state index in [1.807, 2.05) is 61.8 Å². The fourth-order valence-electron chi connectivity index (χ4n) is 3.54. The van der Waals surface area contributed by atoms with Gasteiger partial charge in [-0.3, -0.25) is 9.59 Å². The topological polar surface area (TPSA) is 64.0 Å². The summed E-state index contributed by atoms with van der Waals surface area (Å²) < 4.78 is 1.79. The minimum atomic E-state index is -0.307. The number of aromatic nitrogens is 2. The molecule has 2 heterocycles. The molecule has 154 valence electrons. The number of benzene rings is 2. The Morgan fingerprint density at radius 1 is 1.17 bits per heavy atom. The molecule has 0 radical (unpaired) electrons. The number of nitrogens with one attached hydrogen (secondary N) is 1. The Balaban J connectivity index is 1.71. The van der Waals surface area contributed by atoms with Gasteiger partial charge < -0.3 is 9.88 Å². The van der Waals surface area contributed by atoms with Crippen LogP contribution >= 0.6 is 35.1 Å². The SMILES string of the molecule is CSc1ccc(C2CC(=O)Nc3c2c(=O)nc(SCc2ccccc2Cl)n3C)cc1. The molecule has 1 atom stereocenters. The van der Waals surface area contributed by atoms with Gasteiger partial charge in [0.1, 0.15) is 5.82 Å². The highest BCUT2D eigenvalue weighted by molar-refractivity contribution is 7.98. The lowest BCUT2D eigenvalue weighted by atomic mass is 9.87. The molecule has 3 aromatic rings. The van der Waals surface area contributed by atoms with Crippen molar-refractivity contribution in [1.82, 2.24) is 9.55 Å². The molecule has 5 nitrogen and oxygen atoms in total. The van der Waals surface area contributed by atoms with Crippen LogP contribution in [0.2, 0.25) is 5.02 Å². The Bertz CT molecular complexity index is 1160. The van der Waals surface area contributed by atoms with Gasteiger partial charge in [0.15, 0.2) is 5.16 Å². The van der Waals surface area contributed by atoms with Crippen LogP contribution in [0.15, 0.2) is 63.4 Å². The zero-order chi connectivity index (χ0) is 21.3. The van der Waals surface area contributed by atoms with Gasteiger partial charge in [-0.05, 0) is 35.6 Å². The zero-order valence-corrected chi connectivity index (χ0v) is 18.9. The van der Waals surface area contributed by atoms with E-state index in [0.717, 1.165) is 16.0 Å². The minimum Gasteiger partial charge on any atom is -0.312 e. The maximum absolute atomic E-state index is 13.0. The molecule has 8 heteroatoms. The third-order valence-electron chi connectivity index (χ3n) is 5.13. The smallest absolute Gasteiger partial charge is 0.279 e. The van der Waals surface area contributed by atoms with Crippen LogP contribution in [0.5, 0.6) is 0 Å². The van der Waals surface area contributed by atoms with Gasteiger partial charge in [-0.15, -0.1) is 11.8 Å². The number of hydrogen-bond acceptors (Lipinski definition) is 5. The van der Waals surface area contributed by atoms with Gasteiger partial charge in [0, 0.05) is 35.1 Å². The number of fused-ring (bicyclic) bond motifs is 1. The van der Waals surface area contributed by atoms with Gasteiger partial charge in [-0.25, -0.2) is 0 Å². The Hall–Kier alpha value is -2.22. The first-order valence-corrected chi connectivity index (χ1v) is 12.0. The van der Waals surface area contributed by atoms with Crippen molar-refractivity contribution in [2.24, 2.45) is 7.05 Å². The normalized spacial score (nSPS) is 15.6. The quantitative estimate of drug-likeness (QED) is 0.435. The van der Waals surface area contributed by atoms with E-state index in [1.54, 1.807) is 16.3 Å². The monoisotopic (exact) mass is 457 g/mol. The first kappa shape index (κ1) is 21.0. The van der Waals surface area contributed by atoms with Crippen LogP contribution in [-0.2, 0) is 17.6 Å². The van der Waals surface area contributed by atoms with Crippen molar-refractivity contribution in [1.29, 1.82) is 0 Å². The predicted molar refractivity (Wildman–Crippen MR) is 124 cm³/mol. The van der Waals surface area contributed by atoms with Crippen LogP contribution < -0.4 is 10.9 Å². The number of thioether (sulfide) groups is 2. The van der Waals surface area contributed by atoms with E-state index in [4.69, 9.17) is 11.6 Å². The molecular formula is C22H20ClN3O2S2. The van der Waals surface area contributed by atoms with Crippen molar-refractivity contribution in [3.05, 3.63) is 80.6 Å². The van der Waals surface area contributed by atoms with E-state index in [1.165, 1.54) is 11.8 Å². The molecule has 0 saturated heterocycles. The number of carbonyl (C=O) groups excluding carboxylic acids is 1. The lowest BCUT2D eigenvalue weighted by molar-refractivity contribution is -0.116. The standard InChI is InChI=1S/C22H20ClN3O2S2/c1-26-20-19(16(11-18(27)24-20)13-7-9-15(29-2)10-8-13)21(28)25-22(26)30-12-14-5-3-4-6-17(14)23/h3-10,16H,11-12H2,1-2H3,(H,24,27). The van der Waals surface area contributed by atoms with E-state index < -0.39 is 0 Å². The largest absolute Gasteiger partial charge is 0.312 e. The Morgan fingerprint density at radius 3 is 2.60 bits per heavy atom. The maximum atomic E-state index is 13.0. The predicted octanol–water partition coefficient (Wildman–Crippen LogP) is 4.92. The molecule has 0 aliphatic carbocycles. The maximum Gasteiger partial charge on any atom is 0.279 e. The Labute approximate surface area is 188 Å². The summed E-state index contributed by atoms with van der Waals surface area (Å²) in [5, 5.41) is 4.10. The first-order valence-electron chi connectivity index (χ1n) is 9.39. The average molecular weight is 458 g/mol. The van der Waals surface area contributed by atoms with Gasteiger partial charge in [-0.2, -0.15) is 4.98 Å². The average Bonchev–Trinajstić information content (AvgIpc) is 2.75. The van der Waals surface area contributed by atoms with E-state index in [2.05, 4.69) is 10.3 Å². The summed E-state index contributed by atoms with van der Waals surface area (Å²) in [5.41, 5.74) is 2.14. The molecule has 0 spiro atoms. The molecular weight excluding hydrogens is 438 g/mol. The van der Waals surface area contributed by atoms with Crippen LogP contribution in [0, 0.1) is 0 Å². The summed E-state index contributed by atoms with van der Waals surface area (Å²) in [6, 6.07) is 15.6. The van der Waals surface area contributed by atoms with Crippen molar-refractivity contribution < 1.29 is 4.79 Å². The van der Waals surface area contributed by atoms with E-state index >= 15 is 0 Å². The van der Waals surface area contributed by atoms with Crippen LogP contribution in [-0.4, -0.2) is 21.7 Å². The van der Waals surface area contributed by atoms with Crippen molar-refractivity contribution in [2.75, 3.05) is 11.6 Å². The molecule has 0 bridgehead atoms. The van der Waals surface area contributed by atoms with Gasteiger partial charge in [-0.1, -0.05) is 53.7 Å². The molecule has 1 amide bonds. The molecule has 1 N–H and O–H groups in total. The Kier molecular flexibility index (Phi) is 6.22. The van der Waals surface area contributed by atoms with Crippen LogP contribution in [0.25, 0.3) is 0 Å². The highest BCUT2D eigenvalue weighted by Gasteiger charge is 2.32. The van der Waals surface area contributed by atoms with Gasteiger partial charge in [0.05, 0.1) is 5.56 Å². The fourth-order valence-corrected chi connectivity index (χ4v) is 5.20. The first-order chi connectivity index (χ1) is 14.5. The third-order valence-corrected chi connectivity index (χ3v) is 7.32. The van der Waals surface area contributed by atoms with Crippen molar-refractivity contribution >= 4 is 46.8 Å². The number of carbonyl (C=O) groups is 1. The molecule has 1 unspecified atom stereocenters. The van der Waals surface area contributed by atoms with E-state index in [9.17, 15) is 9.59 Å². The molecule has 1 aromatic heterocycles. The molecule has 2 aromatic carbocycles. The van der Waals surface area contributed by atoms with Gasteiger partial charge in [0.25, 0.3) is 5.56 Å². The summed E-state index contributed by atoms with van der Waals surface area (Å²) in [6.45, 7) is 0. The number of hydrogen-bond donors (Lipinski definition) is 1. The summed E-state index contributed by atoms with van der Waals surface area (Å²) in [4.78, 5) is 30.9. The molecule has 1 aliphatic rings. The van der Waals surface area contributed by atoms with Crippen molar-refractivity contribution in [2.45, 2.75) is 28.1 Å². The highest BCUT2D eigenvalue weighted by atomic mass is 35.5. The van der Waals surface area contributed by atoms with Crippen LogP contribution in [0.1, 0.15) is 29.0 Å². The number of nitrogens with zero attached hydrogens (tertiary/aromatic N) is 2. The summed E-state index contributed by atoms with van der Waals surface area (Å²) in [7, 11) is 1.82. The fraction of sp³-hybridized carbons (Fsp3) is 0.227. The molecule has 0 fully saturated rings. The Morgan fingerprint density at radius 2 is 1.90 bits per heavy atom. The second kappa shape index (κ2) is 8.88. The molecule has 30 heavy (non-hydrogen) atoms. The summed E-state index contributed by atoms with van der Waals surface area (Å²) in [6.07, 6.45) is 2.24. The number of halogens is 1. The zero-order valence-electron chi connectivity index (χ0n) is 16.5. The second-order valence-corrected chi connectivity index (χ2v) is 9.21. The lowest BCUT2D eigenvalue weighted by Crippen LogP contribution is -2.33. The second-order valence-electron chi connectivity index (χ2n) is 6.98. The molecule has 1 aliphatic heterocycles. The van der Waals surface area contributed by atoms with Crippen LogP contribution in [0.4, 0.5) is 5.82 Å². The van der Waals surface area contributed by atoms with Crippen molar-refractivity contribution in [3.8, 4) is 0 Å². The summed E-state index contributed by atoms with van der Waals surface area (Å²) >= 11 is 9.31. The van der Waals surface area contributed by atoms with Gasteiger partial charge in [0.2, 0.25) is 5.91 Å². The number of rotatable bonds is 5. The van der Waals surface area contributed by atoms with E-state index in [-0.39, 0.29) is 23.8 Å². The van der Waals surface area contributed by atoms with Crippen LogP contribution in [0.3, 0.4) is 0 Å². The molecule has 0 saturated carbocycles. The lowest BCUT2D eigenvalue weighted by Gasteiger charge is -2.27. The summed E-state index contributed by atoms with van der Waals surface area (Å²) in [5.74, 6) is 0.682. The van der Waals surface area contributed by atoms with Crippen molar-refractivity contribution in [3.63, 3.8) is 0 Å². The minimum absolute atomic E-state index is 0.107. The number of anilines is 1. The number of amides is 1. The van der Waals surface area contributed by atoms with Gasteiger partial charge >= 0.3 is 0 Å².